The maximum absolute atomic E-state index is 11.4. The number of anilines is 1. The van der Waals surface area contributed by atoms with E-state index in [1.807, 2.05) is 6.07 Å². The van der Waals surface area contributed by atoms with Crippen molar-refractivity contribution in [2.24, 2.45) is 0 Å². The van der Waals surface area contributed by atoms with Crippen LogP contribution >= 0.6 is 0 Å². The van der Waals surface area contributed by atoms with E-state index in [1.54, 1.807) is 6.07 Å². The van der Waals surface area contributed by atoms with Crippen molar-refractivity contribution in [2.75, 3.05) is 38.3 Å². The second kappa shape index (κ2) is 4.45. The summed E-state index contributed by atoms with van der Waals surface area (Å²) in [6, 6.07) is 3.90. The van der Waals surface area contributed by atoms with Crippen molar-refractivity contribution in [3.8, 4) is 5.88 Å². The van der Waals surface area contributed by atoms with Crippen molar-refractivity contribution in [2.45, 2.75) is 6.04 Å². The molecule has 0 bridgehead atoms. The Labute approximate surface area is 105 Å². The van der Waals surface area contributed by atoms with E-state index in [0.717, 1.165) is 25.3 Å². The number of pyridine rings is 1. The minimum Gasteiger partial charge on any atom is -0.474 e. The van der Waals surface area contributed by atoms with Gasteiger partial charge in [-0.3, -0.25) is 0 Å². The van der Waals surface area contributed by atoms with E-state index in [9.17, 15) is 4.79 Å². The van der Waals surface area contributed by atoms with Crippen molar-refractivity contribution in [3.63, 3.8) is 0 Å². The number of esters is 1. The van der Waals surface area contributed by atoms with Gasteiger partial charge in [0.25, 0.3) is 0 Å². The topological polar surface area (TPSA) is 63.7 Å². The maximum Gasteiger partial charge on any atom is 0.356 e. The summed E-state index contributed by atoms with van der Waals surface area (Å²) in [4.78, 5) is 17.9. The Bertz CT molecular complexity index is 478. The molecule has 1 N–H and O–H groups in total. The summed E-state index contributed by atoms with van der Waals surface area (Å²) in [5, 5.41) is 3.34. The molecule has 0 radical (unpaired) electrons. The van der Waals surface area contributed by atoms with Crippen LogP contribution < -0.4 is 15.0 Å². The van der Waals surface area contributed by atoms with Gasteiger partial charge in [-0.2, -0.15) is 0 Å². The van der Waals surface area contributed by atoms with Gasteiger partial charge in [0.15, 0.2) is 5.69 Å². The molecule has 0 aromatic carbocycles. The molecular formula is C12H15N3O3. The van der Waals surface area contributed by atoms with E-state index in [2.05, 4.69) is 19.9 Å². The normalized spacial score (nSPS) is 21.6. The van der Waals surface area contributed by atoms with E-state index in [1.165, 1.54) is 7.11 Å². The molecule has 2 aliphatic heterocycles. The highest BCUT2D eigenvalue weighted by molar-refractivity contribution is 5.88. The first-order valence-corrected chi connectivity index (χ1v) is 5.99. The number of hydrogen-bond donors (Lipinski definition) is 1. The van der Waals surface area contributed by atoms with Gasteiger partial charge < -0.3 is 19.7 Å². The molecule has 0 saturated carbocycles. The quantitative estimate of drug-likeness (QED) is 0.709. The number of hydrogen-bond acceptors (Lipinski definition) is 6. The summed E-state index contributed by atoms with van der Waals surface area (Å²) < 4.78 is 10.3. The molecule has 0 aliphatic carbocycles. The molecule has 1 unspecified atom stereocenters. The zero-order valence-electron chi connectivity index (χ0n) is 10.2. The maximum atomic E-state index is 11.4. The number of rotatable bonds is 1. The van der Waals surface area contributed by atoms with Crippen molar-refractivity contribution < 1.29 is 14.3 Å². The van der Waals surface area contributed by atoms with Gasteiger partial charge in [0.05, 0.1) is 13.2 Å². The molecule has 3 rings (SSSR count). The number of nitrogens with one attached hydrogen (secondary N) is 1. The van der Waals surface area contributed by atoms with Crippen molar-refractivity contribution in [3.05, 3.63) is 17.8 Å². The number of ether oxygens (including phenoxy) is 2. The number of fused-ring (bicyclic) bond motifs is 3. The Morgan fingerprint density at radius 2 is 2.50 bits per heavy atom. The first-order valence-electron chi connectivity index (χ1n) is 5.99. The van der Waals surface area contributed by atoms with Crippen LogP contribution in [0, 0.1) is 0 Å². The van der Waals surface area contributed by atoms with Crippen LogP contribution in [0.5, 0.6) is 5.88 Å². The van der Waals surface area contributed by atoms with Gasteiger partial charge >= 0.3 is 5.97 Å². The minimum absolute atomic E-state index is 0.282. The van der Waals surface area contributed by atoms with Crippen LogP contribution in [0.3, 0.4) is 0 Å². The third kappa shape index (κ3) is 1.78. The first-order chi connectivity index (χ1) is 8.79. The standard InChI is InChI=1S/C12H15N3O3/c1-17-12(16)9-2-3-10-11(14-9)18-7-8-6-13-4-5-15(8)10/h2-3,8,13H,4-7H2,1H3. The molecule has 6 nitrogen and oxygen atoms in total. The predicted molar refractivity (Wildman–Crippen MR) is 65.1 cm³/mol. The lowest BCUT2D eigenvalue weighted by atomic mass is 10.1. The number of nitrogens with zero attached hydrogens (tertiary/aromatic N) is 2. The summed E-state index contributed by atoms with van der Waals surface area (Å²) in [6.45, 7) is 3.39. The fraction of sp³-hybridized carbons (Fsp3) is 0.500. The molecule has 0 spiro atoms. The molecule has 0 amide bonds. The fourth-order valence-corrected chi connectivity index (χ4v) is 2.38. The Hall–Kier alpha value is -1.82. The predicted octanol–water partition coefficient (Wildman–Crippen LogP) is 0.0388. The lowest BCUT2D eigenvalue weighted by Crippen LogP contribution is -2.55. The summed E-state index contributed by atoms with van der Waals surface area (Å²) in [5.41, 5.74) is 1.24. The van der Waals surface area contributed by atoms with Gasteiger partial charge in [0, 0.05) is 19.6 Å². The molecule has 96 valence electrons. The SMILES string of the molecule is COC(=O)c1ccc2c(n1)OCC1CNCCN21. The molecule has 3 heterocycles. The summed E-state index contributed by atoms with van der Waals surface area (Å²) in [6.07, 6.45) is 0. The monoisotopic (exact) mass is 249 g/mol. The Morgan fingerprint density at radius 1 is 1.61 bits per heavy atom. The van der Waals surface area contributed by atoms with Crippen molar-refractivity contribution in [1.29, 1.82) is 0 Å². The second-order valence-corrected chi connectivity index (χ2v) is 4.37. The molecule has 1 aromatic rings. The number of carbonyl (C=O) groups excluding carboxylic acids is 1. The lowest BCUT2D eigenvalue weighted by molar-refractivity contribution is 0.0592. The average Bonchev–Trinajstić information content (AvgIpc) is 2.45. The van der Waals surface area contributed by atoms with Gasteiger partial charge in [0.1, 0.15) is 12.3 Å². The molecular weight excluding hydrogens is 234 g/mol. The van der Waals surface area contributed by atoms with Gasteiger partial charge in [-0.25, -0.2) is 9.78 Å². The fourth-order valence-electron chi connectivity index (χ4n) is 2.38. The molecule has 1 atom stereocenters. The van der Waals surface area contributed by atoms with Crippen LogP contribution in [0.25, 0.3) is 0 Å². The van der Waals surface area contributed by atoms with Crippen LogP contribution in [0.1, 0.15) is 10.5 Å². The van der Waals surface area contributed by atoms with E-state index in [0.29, 0.717) is 18.5 Å². The summed E-state index contributed by atoms with van der Waals surface area (Å²) >= 11 is 0. The van der Waals surface area contributed by atoms with Crippen LogP contribution in [-0.2, 0) is 4.74 Å². The Kier molecular flexibility index (Phi) is 2.79. The van der Waals surface area contributed by atoms with E-state index in [-0.39, 0.29) is 5.69 Å². The van der Waals surface area contributed by atoms with Crippen LogP contribution in [-0.4, -0.2) is 50.3 Å². The van der Waals surface area contributed by atoms with E-state index < -0.39 is 5.97 Å². The highest BCUT2D eigenvalue weighted by Gasteiger charge is 2.31. The number of carbonyl (C=O) groups is 1. The zero-order chi connectivity index (χ0) is 12.5. The summed E-state index contributed by atoms with van der Waals surface area (Å²) in [7, 11) is 1.34. The van der Waals surface area contributed by atoms with Crippen LogP contribution in [0.4, 0.5) is 5.69 Å². The number of piperazine rings is 1. The molecule has 1 aromatic heterocycles. The highest BCUT2D eigenvalue weighted by Crippen LogP contribution is 2.32. The molecule has 1 fully saturated rings. The summed E-state index contributed by atoms with van der Waals surface area (Å²) in [5.74, 6) is 0.0832. The number of methoxy groups -OCH3 is 1. The van der Waals surface area contributed by atoms with Gasteiger partial charge in [-0.05, 0) is 12.1 Å². The smallest absolute Gasteiger partial charge is 0.356 e. The molecule has 18 heavy (non-hydrogen) atoms. The molecule has 6 heteroatoms. The van der Waals surface area contributed by atoms with Crippen molar-refractivity contribution in [1.82, 2.24) is 10.3 Å². The lowest BCUT2D eigenvalue weighted by Gasteiger charge is -2.41. The average molecular weight is 249 g/mol. The van der Waals surface area contributed by atoms with Crippen LogP contribution in [0.2, 0.25) is 0 Å². The van der Waals surface area contributed by atoms with E-state index in [4.69, 9.17) is 4.74 Å². The Morgan fingerprint density at radius 3 is 3.33 bits per heavy atom. The third-order valence-electron chi connectivity index (χ3n) is 3.31. The zero-order valence-corrected chi connectivity index (χ0v) is 10.2. The minimum atomic E-state index is -0.441. The van der Waals surface area contributed by atoms with Crippen molar-refractivity contribution >= 4 is 11.7 Å². The molecule has 2 aliphatic rings. The van der Waals surface area contributed by atoms with Gasteiger partial charge in [-0.15, -0.1) is 0 Å². The largest absolute Gasteiger partial charge is 0.474 e. The third-order valence-corrected chi connectivity index (χ3v) is 3.31. The van der Waals surface area contributed by atoms with Crippen LogP contribution in [0.15, 0.2) is 12.1 Å². The first kappa shape index (κ1) is 11.3. The molecule has 1 saturated heterocycles. The second-order valence-electron chi connectivity index (χ2n) is 4.37. The van der Waals surface area contributed by atoms with E-state index >= 15 is 0 Å². The highest BCUT2D eigenvalue weighted by atomic mass is 16.5. The Balaban J connectivity index is 1.93. The van der Waals surface area contributed by atoms with Gasteiger partial charge in [-0.1, -0.05) is 0 Å². The number of aromatic nitrogens is 1. The van der Waals surface area contributed by atoms with Gasteiger partial charge in [0.2, 0.25) is 5.88 Å².